The van der Waals surface area contributed by atoms with Gasteiger partial charge in [0.05, 0.1) is 5.70 Å². The van der Waals surface area contributed by atoms with Gasteiger partial charge < -0.3 is 5.43 Å². The SMILES string of the molecule is Cc1ccc(C2=CCNN2)cc1. The Morgan fingerprint density at radius 1 is 1.17 bits per heavy atom. The van der Waals surface area contributed by atoms with Crippen molar-refractivity contribution >= 4 is 5.70 Å². The van der Waals surface area contributed by atoms with Crippen molar-refractivity contribution in [1.82, 2.24) is 10.9 Å². The van der Waals surface area contributed by atoms with E-state index in [2.05, 4.69) is 48.1 Å². The Labute approximate surface area is 72.3 Å². The Morgan fingerprint density at radius 3 is 2.50 bits per heavy atom. The zero-order valence-electron chi connectivity index (χ0n) is 7.09. The van der Waals surface area contributed by atoms with Crippen LogP contribution in [0.1, 0.15) is 11.1 Å². The molecule has 1 aliphatic rings. The third-order valence-corrected chi connectivity index (χ3v) is 1.99. The first-order valence-corrected chi connectivity index (χ1v) is 4.12. The second-order valence-corrected chi connectivity index (χ2v) is 2.99. The molecule has 0 atom stereocenters. The van der Waals surface area contributed by atoms with E-state index >= 15 is 0 Å². The van der Waals surface area contributed by atoms with Crippen LogP contribution in [-0.4, -0.2) is 6.54 Å². The lowest BCUT2D eigenvalue weighted by molar-refractivity contribution is 0.738. The fourth-order valence-corrected chi connectivity index (χ4v) is 1.27. The van der Waals surface area contributed by atoms with Gasteiger partial charge >= 0.3 is 0 Å². The van der Waals surface area contributed by atoms with Gasteiger partial charge in [-0.25, -0.2) is 5.43 Å². The molecule has 1 aromatic rings. The van der Waals surface area contributed by atoms with Gasteiger partial charge in [0.1, 0.15) is 0 Å². The molecule has 2 nitrogen and oxygen atoms in total. The molecule has 0 saturated heterocycles. The quantitative estimate of drug-likeness (QED) is 0.649. The molecule has 2 heteroatoms. The van der Waals surface area contributed by atoms with Crippen LogP contribution in [0.5, 0.6) is 0 Å². The number of hydrogen-bond donors (Lipinski definition) is 2. The molecule has 1 aromatic carbocycles. The Bertz CT molecular complexity index is 298. The normalized spacial score (nSPS) is 15.6. The number of rotatable bonds is 1. The van der Waals surface area contributed by atoms with Gasteiger partial charge in [0, 0.05) is 6.54 Å². The summed E-state index contributed by atoms with van der Waals surface area (Å²) in [6.07, 6.45) is 2.14. The highest BCUT2D eigenvalue weighted by molar-refractivity contribution is 5.65. The summed E-state index contributed by atoms with van der Waals surface area (Å²) in [6, 6.07) is 8.49. The zero-order chi connectivity index (χ0) is 8.39. The Balaban J connectivity index is 2.28. The Morgan fingerprint density at radius 2 is 1.92 bits per heavy atom. The highest BCUT2D eigenvalue weighted by Gasteiger charge is 2.03. The lowest BCUT2D eigenvalue weighted by Gasteiger charge is -2.03. The maximum atomic E-state index is 3.10. The van der Waals surface area contributed by atoms with Crippen LogP contribution >= 0.6 is 0 Å². The first kappa shape index (κ1) is 7.37. The largest absolute Gasteiger partial charge is 0.321 e. The highest BCUT2D eigenvalue weighted by atomic mass is 15.4. The summed E-state index contributed by atoms with van der Waals surface area (Å²) in [7, 11) is 0. The van der Waals surface area contributed by atoms with Gasteiger partial charge in [0.25, 0.3) is 0 Å². The van der Waals surface area contributed by atoms with Gasteiger partial charge in [-0.1, -0.05) is 29.8 Å². The Kier molecular flexibility index (Phi) is 1.84. The van der Waals surface area contributed by atoms with Crippen molar-refractivity contribution in [3.8, 4) is 0 Å². The van der Waals surface area contributed by atoms with Crippen LogP contribution < -0.4 is 10.9 Å². The van der Waals surface area contributed by atoms with Gasteiger partial charge in [-0.05, 0) is 18.6 Å². The molecule has 0 aromatic heterocycles. The second kappa shape index (κ2) is 2.99. The van der Waals surface area contributed by atoms with Gasteiger partial charge in [-0.15, -0.1) is 0 Å². The maximum Gasteiger partial charge on any atom is 0.0533 e. The third kappa shape index (κ3) is 1.34. The molecule has 0 unspecified atom stereocenters. The molecule has 1 heterocycles. The van der Waals surface area contributed by atoms with Crippen molar-refractivity contribution in [3.63, 3.8) is 0 Å². The summed E-state index contributed by atoms with van der Waals surface area (Å²) in [4.78, 5) is 0. The fraction of sp³-hybridized carbons (Fsp3) is 0.200. The van der Waals surface area contributed by atoms with Crippen LogP contribution in [0, 0.1) is 6.92 Å². The smallest absolute Gasteiger partial charge is 0.0533 e. The molecular weight excluding hydrogens is 148 g/mol. The van der Waals surface area contributed by atoms with Crippen molar-refractivity contribution in [2.24, 2.45) is 0 Å². The summed E-state index contributed by atoms with van der Waals surface area (Å²) in [6.45, 7) is 3.00. The van der Waals surface area contributed by atoms with Gasteiger partial charge in [-0.3, -0.25) is 0 Å². The van der Waals surface area contributed by atoms with Crippen LogP contribution in [0.4, 0.5) is 0 Å². The van der Waals surface area contributed by atoms with Crippen LogP contribution in [0.25, 0.3) is 5.70 Å². The molecule has 2 N–H and O–H groups in total. The minimum absolute atomic E-state index is 0.906. The summed E-state index contributed by atoms with van der Waals surface area (Å²) in [5.41, 5.74) is 9.86. The average Bonchev–Trinajstić information content (AvgIpc) is 2.58. The first-order valence-electron chi connectivity index (χ1n) is 4.12. The summed E-state index contributed by atoms with van der Waals surface area (Å²) in [5.74, 6) is 0. The van der Waals surface area contributed by atoms with Crippen molar-refractivity contribution in [2.45, 2.75) is 6.92 Å². The lowest BCUT2D eigenvalue weighted by atomic mass is 10.1. The molecule has 62 valence electrons. The molecule has 12 heavy (non-hydrogen) atoms. The highest BCUT2D eigenvalue weighted by Crippen LogP contribution is 2.13. The maximum absolute atomic E-state index is 3.10. The molecular formula is C10H12N2. The van der Waals surface area contributed by atoms with E-state index < -0.39 is 0 Å². The summed E-state index contributed by atoms with van der Waals surface area (Å²) < 4.78 is 0. The number of benzene rings is 1. The van der Waals surface area contributed by atoms with Crippen molar-refractivity contribution < 1.29 is 0 Å². The van der Waals surface area contributed by atoms with Crippen LogP contribution in [0.3, 0.4) is 0 Å². The van der Waals surface area contributed by atoms with E-state index in [0.29, 0.717) is 0 Å². The first-order chi connectivity index (χ1) is 5.86. The van der Waals surface area contributed by atoms with Crippen molar-refractivity contribution in [3.05, 3.63) is 41.5 Å². The molecule has 0 radical (unpaired) electrons. The minimum Gasteiger partial charge on any atom is -0.321 e. The molecule has 0 amide bonds. The third-order valence-electron chi connectivity index (χ3n) is 1.99. The topological polar surface area (TPSA) is 24.1 Å². The lowest BCUT2D eigenvalue weighted by Crippen LogP contribution is -2.22. The summed E-state index contributed by atoms with van der Waals surface area (Å²) in [5, 5.41) is 0. The van der Waals surface area contributed by atoms with Crippen molar-refractivity contribution in [2.75, 3.05) is 6.54 Å². The number of aryl methyl sites for hydroxylation is 1. The molecule has 0 spiro atoms. The minimum atomic E-state index is 0.906. The van der Waals surface area contributed by atoms with Gasteiger partial charge in [0.15, 0.2) is 0 Å². The molecule has 0 fully saturated rings. The van der Waals surface area contributed by atoms with E-state index in [1.807, 2.05) is 0 Å². The fourth-order valence-electron chi connectivity index (χ4n) is 1.27. The summed E-state index contributed by atoms with van der Waals surface area (Å²) >= 11 is 0. The van der Waals surface area contributed by atoms with Gasteiger partial charge in [0.2, 0.25) is 0 Å². The van der Waals surface area contributed by atoms with Crippen LogP contribution in [-0.2, 0) is 0 Å². The monoisotopic (exact) mass is 160 g/mol. The standard InChI is InChI=1S/C10H12N2/c1-8-2-4-9(5-3-8)10-6-7-11-12-10/h2-6,11-12H,7H2,1H3. The van der Waals surface area contributed by atoms with E-state index in [1.165, 1.54) is 16.8 Å². The predicted octanol–water partition coefficient (Wildman–Crippen LogP) is 1.44. The average molecular weight is 160 g/mol. The number of hydrogen-bond acceptors (Lipinski definition) is 2. The van der Waals surface area contributed by atoms with Crippen LogP contribution in [0.15, 0.2) is 30.3 Å². The van der Waals surface area contributed by atoms with Gasteiger partial charge in [-0.2, -0.15) is 0 Å². The predicted molar refractivity (Wildman–Crippen MR) is 50.3 cm³/mol. The van der Waals surface area contributed by atoms with Crippen LogP contribution in [0.2, 0.25) is 0 Å². The van der Waals surface area contributed by atoms with E-state index in [9.17, 15) is 0 Å². The Hall–Kier alpha value is -1.28. The second-order valence-electron chi connectivity index (χ2n) is 2.99. The van der Waals surface area contributed by atoms with Crippen molar-refractivity contribution in [1.29, 1.82) is 0 Å². The molecule has 0 bridgehead atoms. The molecule has 2 rings (SSSR count). The zero-order valence-corrected chi connectivity index (χ0v) is 7.09. The molecule has 1 aliphatic heterocycles. The van der Waals surface area contributed by atoms with E-state index in [-0.39, 0.29) is 0 Å². The van der Waals surface area contributed by atoms with E-state index in [0.717, 1.165) is 6.54 Å². The molecule has 0 aliphatic carbocycles. The van der Waals surface area contributed by atoms with E-state index in [1.54, 1.807) is 0 Å². The molecule has 0 saturated carbocycles. The number of nitrogens with one attached hydrogen (secondary N) is 2. The van der Waals surface area contributed by atoms with E-state index in [4.69, 9.17) is 0 Å². The number of hydrazine groups is 1.